The maximum atomic E-state index is 12.0. The van der Waals surface area contributed by atoms with Crippen LogP contribution in [0, 0.1) is 6.92 Å². The van der Waals surface area contributed by atoms with Gasteiger partial charge in [0.2, 0.25) is 0 Å². The average Bonchev–Trinajstić information content (AvgIpc) is 2.50. The number of nitrogens with one attached hydrogen (secondary N) is 2. The van der Waals surface area contributed by atoms with Crippen molar-refractivity contribution >= 4 is 33.2 Å². The second kappa shape index (κ2) is 7.91. The number of methoxy groups -OCH3 is 1. The highest BCUT2D eigenvalue weighted by molar-refractivity contribution is 9.10. The van der Waals surface area contributed by atoms with Crippen LogP contribution in [-0.4, -0.2) is 31.2 Å². The van der Waals surface area contributed by atoms with Crippen LogP contribution in [0.4, 0.5) is 11.4 Å². The monoisotopic (exact) mass is 363 g/mol. The van der Waals surface area contributed by atoms with Crippen molar-refractivity contribution in [3.05, 3.63) is 52.3 Å². The first-order chi connectivity index (χ1) is 10.6. The zero-order chi connectivity index (χ0) is 15.9. The Hall–Kier alpha value is -1.92. The smallest absolute Gasteiger partial charge is 0.270 e. The van der Waals surface area contributed by atoms with Gasteiger partial charge in [-0.05, 0) is 52.7 Å². The lowest BCUT2D eigenvalue weighted by atomic mass is 10.2. The SMILES string of the molecule is COCCNC(=O)c1cc(Nc2ccc(C)cc2Br)ccn1. The lowest BCUT2D eigenvalue weighted by molar-refractivity contribution is 0.0932. The van der Waals surface area contributed by atoms with Crippen LogP contribution < -0.4 is 10.6 Å². The second-order valence-electron chi connectivity index (χ2n) is 4.79. The molecule has 6 heteroatoms. The van der Waals surface area contributed by atoms with E-state index in [0.717, 1.165) is 15.8 Å². The molecule has 2 rings (SSSR count). The van der Waals surface area contributed by atoms with Gasteiger partial charge in [-0.1, -0.05) is 6.07 Å². The van der Waals surface area contributed by atoms with Crippen LogP contribution in [0.3, 0.4) is 0 Å². The highest BCUT2D eigenvalue weighted by atomic mass is 79.9. The maximum absolute atomic E-state index is 12.0. The van der Waals surface area contributed by atoms with Crippen molar-refractivity contribution < 1.29 is 9.53 Å². The van der Waals surface area contributed by atoms with Crippen LogP contribution in [0.5, 0.6) is 0 Å². The van der Waals surface area contributed by atoms with E-state index in [0.29, 0.717) is 18.8 Å². The molecule has 1 heterocycles. The van der Waals surface area contributed by atoms with Crippen LogP contribution in [0.2, 0.25) is 0 Å². The Morgan fingerprint density at radius 1 is 1.32 bits per heavy atom. The number of benzene rings is 1. The number of hydrogen-bond donors (Lipinski definition) is 2. The number of hydrogen-bond acceptors (Lipinski definition) is 4. The summed E-state index contributed by atoms with van der Waals surface area (Å²) in [6, 6.07) is 9.57. The van der Waals surface area contributed by atoms with Crippen molar-refractivity contribution in [1.82, 2.24) is 10.3 Å². The molecule has 0 saturated heterocycles. The van der Waals surface area contributed by atoms with Gasteiger partial charge in [0, 0.05) is 30.0 Å². The Balaban J connectivity index is 2.09. The minimum absolute atomic E-state index is 0.219. The van der Waals surface area contributed by atoms with Crippen LogP contribution in [0.15, 0.2) is 41.0 Å². The molecule has 5 nitrogen and oxygen atoms in total. The van der Waals surface area contributed by atoms with Gasteiger partial charge < -0.3 is 15.4 Å². The molecule has 1 aromatic heterocycles. The fourth-order valence-corrected chi connectivity index (χ4v) is 2.46. The number of ether oxygens (including phenoxy) is 1. The van der Waals surface area contributed by atoms with Crippen LogP contribution in [0.1, 0.15) is 16.1 Å². The number of amides is 1. The summed E-state index contributed by atoms with van der Waals surface area (Å²) in [4.78, 5) is 16.1. The Morgan fingerprint density at radius 2 is 2.14 bits per heavy atom. The zero-order valence-corrected chi connectivity index (χ0v) is 14.1. The standard InChI is InChI=1S/C16H18BrN3O2/c1-11-3-4-14(13(17)9-11)20-12-5-6-18-15(10-12)16(21)19-7-8-22-2/h3-6,9-10H,7-8H2,1-2H3,(H,18,20)(H,19,21). The number of rotatable bonds is 6. The number of carbonyl (C=O) groups is 1. The van der Waals surface area contributed by atoms with E-state index in [2.05, 4.69) is 31.5 Å². The lowest BCUT2D eigenvalue weighted by Gasteiger charge is -2.10. The fraction of sp³-hybridized carbons (Fsp3) is 0.250. The molecule has 0 saturated carbocycles. The molecule has 1 amide bonds. The summed E-state index contributed by atoms with van der Waals surface area (Å²) in [6.07, 6.45) is 1.61. The number of nitrogens with zero attached hydrogens (tertiary/aromatic N) is 1. The maximum Gasteiger partial charge on any atom is 0.270 e. The molecule has 0 aliphatic rings. The third-order valence-electron chi connectivity index (χ3n) is 2.99. The lowest BCUT2D eigenvalue weighted by Crippen LogP contribution is -2.27. The number of aryl methyl sites for hydroxylation is 1. The molecule has 1 aromatic carbocycles. The molecule has 0 radical (unpaired) electrons. The van der Waals surface area contributed by atoms with Gasteiger partial charge in [0.05, 0.1) is 12.3 Å². The summed E-state index contributed by atoms with van der Waals surface area (Å²) in [5.41, 5.74) is 3.27. The first-order valence-corrected chi connectivity index (χ1v) is 7.66. The predicted octanol–water partition coefficient (Wildman–Crippen LogP) is 3.27. The van der Waals surface area contributed by atoms with E-state index in [1.54, 1.807) is 19.4 Å². The number of halogens is 1. The predicted molar refractivity (Wildman–Crippen MR) is 90.6 cm³/mol. The zero-order valence-electron chi connectivity index (χ0n) is 12.5. The van der Waals surface area contributed by atoms with Gasteiger partial charge in [0.25, 0.3) is 5.91 Å². The van der Waals surface area contributed by atoms with Gasteiger partial charge in [-0.15, -0.1) is 0 Å². The molecule has 22 heavy (non-hydrogen) atoms. The molecular weight excluding hydrogens is 346 g/mol. The van der Waals surface area contributed by atoms with E-state index in [1.807, 2.05) is 31.2 Å². The number of carbonyl (C=O) groups excluding carboxylic acids is 1. The summed E-state index contributed by atoms with van der Waals surface area (Å²) in [5, 5.41) is 6.02. The highest BCUT2D eigenvalue weighted by Gasteiger charge is 2.08. The Labute approximate surface area is 138 Å². The molecule has 2 N–H and O–H groups in total. The van der Waals surface area contributed by atoms with E-state index < -0.39 is 0 Å². The van der Waals surface area contributed by atoms with E-state index >= 15 is 0 Å². The molecule has 0 atom stereocenters. The summed E-state index contributed by atoms with van der Waals surface area (Å²) in [7, 11) is 1.59. The Bertz CT molecular complexity index is 662. The summed E-state index contributed by atoms with van der Waals surface area (Å²) in [6.45, 7) is 2.96. The quantitative estimate of drug-likeness (QED) is 0.773. The summed E-state index contributed by atoms with van der Waals surface area (Å²) < 4.78 is 5.87. The fourth-order valence-electron chi connectivity index (χ4n) is 1.87. The molecular formula is C16H18BrN3O2. The number of anilines is 2. The molecule has 0 fully saturated rings. The van der Waals surface area contributed by atoms with Crippen LogP contribution >= 0.6 is 15.9 Å². The summed E-state index contributed by atoms with van der Waals surface area (Å²) in [5.74, 6) is -0.219. The van der Waals surface area contributed by atoms with Gasteiger partial charge in [0.1, 0.15) is 5.69 Å². The van der Waals surface area contributed by atoms with Crippen molar-refractivity contribution in [1.29, 1.82) is 0 Å². The molecule has 0 aliphatic carbocycles. The van der Waals surface area contributed by atoms with Crippen molar-refractivity contribution in [2.45, 2.75) is 6.92 Å². The first-order valence-electron chi connectivity index (χ1n) is 6.86. The Kier molecular flexibility index (Phi) is 5.91. The molecule has 2 aromatic rings. The number of aromatic nitrogens is 1. The van der Waals surface area contributed by atoms with Gasteiger partial charge in [0.15, 0.2) is 0 Å². The number of pyridine rings is 1. The minimum atomic E-state index is -0.219. The molecule has 0 unspecified atom stereocenters. The highest BCUT2D eigenvalue weighted by Crippen LogP contribution is 2.26. The Morgan fingerprint density at radius 3 is 2.86 bits per heavy atom. The van der Waals surface area contributed by atoms with E-state index in [-0.39, 0.29) is 5.91 Å². The topological polar surface area (TPSA) is 63.2 Å². The van der Waals surface area contributed by atoms with Crippen molar-refractivity contribution in [3.63, 3.8) is 0 Å². The molecule has 0 aliphatic heterocycles. The molecule has 0 spiro atoms. The van der Waals surface area contributed by atoms with Gasteiger partial charge in [-0.25, -0.2) is 0 Å². The van der Waals surface area contributed by atoms with Crippen LogP contribution in [0.25, 0.3) is 0 Å². The van der Waals surface area contributed by atoms with Crippen molar-refractivity contribution in [2.75, 3.05) is 25.6 Å². The normalized spacial score (nSPS) is 10.3. The molecule has 0 bridgehead atoms. The first kappa shape index (κ1) is 16.5. The van der Waals surface area contributed by atoms with E-state index in [9.17, 15) is 4.79 Å². The largest absolute Gasteiger partial charge is 0.383 e. The van der Waals surface area contributed by atoms with E-state index in [4.69, 9.17) is 4.74 Å². The van der Waals surface area contributed by atoms with Gasteiger partial charge in [-0.3, -0.25) is 9.78 Å². The van der Waals surface area contributed by atoms with Crippen molar-refractivity contribution in [2.24, 2.45) is 0 Å². The van der Waals surface area contributed by atoms with E-state index in [1.165, 1.54) is 5.56 Å². The second-order valence-corrected chi connectivity index (χ2v) is 5.64. The van der Waals surface area contributed by atoms with Crippen LogP contribution in [-0.2, 0) is 4.74 Å². The van der Waals surface area contributed by atoms with Gasteiger partial charge >= 0.3 is 0 Å². The third kappa shape index (κ3) is 4.54. The van der Waals surface area contributed by atoms with Gasteiger partial charge in [-0.2, -0.15) is 0 Å². The van der Waals surface area contributed by atoms with Crippen molar-refractivity contribution in [3.8, 4) is 0 Å². The third-order valence-corrected chi connectivity index (χ3v) is 3.64. The summed E-state index contributed by atoms with van der Waals surface area (Å²) >= 11 is 3.52. The minimum Gasteiger partial charge on any atom is -0.383 e. The molecule has 116 valence electrons. The average molecular weight is 364 g/mol.